The Morgan fingerprint density at radius 3 is 1.57 bits per heavy atom. The third kappa shape index (κ3) is 13.0. The second-order valence-electron chi connectivity index (χ2n) is 6.56. The molecule has 0 spiro atoms. The van der Waals surface area contributed by atoms with Crippen molar-refractivity contribution in [2.45, 2.75) is 18.6 Å². The minimum absolute atomic E-state index is 0.00338. The molecule has 2 atom stereocenters. The molecule has 2 heterocycles. The van der Waals surface area contributed by atoms with Gasteiger partial charge in [-0.25, -0.2) is 0 Å². The normalized spacial score (nSPS) is 29.6. The molecule has 2 rings (SSSR count). The lowest BCUT2D eigenvalue weighted by Crippen LogP contribution is -2.37. The summed E-state index contributed by atoms with van der Waals surface area (Å²) < 4.78 is 45.2. The van der Waals surface area contributed by atoms with Crippen LogP contribution in [0.1, 0.15) is 6.42 Å². The summed E-state index contributed by atoms with van der Waals surface area (Å²) in [5, 5.41) is 3.39. The van der Waals surface area contributed by atoms with Gasteiger partial charge in [-0.1, -0.05) is 0 Å². The van der Waals surface area contributed by atoms with Gasteiger partial charge in [-0.05, 0) is 0 Å². The Balaban J connectivity index is 1.76. The highest BCUT2D eigenvalue weighted by Crippen LogP contribution is 2.08. The minimum atomic E-state index is -0.0533. The smallest absolute Gasteiger partial charge is 0.0834 e. The van der Waals surface area contributed by atoms with Crippen LogP contribution in [0.4, 0.5) is 0 Å². The molecule has 28 heavy (non-hydrogen) atoms. The molecule has 166 valence electrons. The Morgan fingerprint density at radius 2 is 0.964 bits per heavy atom. The van der Waals surface area contributed by atoms with E-state index in [4.69, 9.17) is 37.9 Å². The molecule has 1 N–H and O–H groups in total. The fourth-order valence-corrected chi connectivity index (χ4v) is 2.84. The maximum Gasteiger partial charge on any atom is 0.0834 e. The SMILES string of the molecule is C1COCCOCCOCCOC(CC2COCCOCCOCCO2)CN1. The highest BCUT2D eigenvalue weighted by molar-refractivity contribution is 4.70. The molecule has 2 unspecified atom stereocenters. The van der Waals surface area contributed by atoms with Gasteiger partial charge in [-0.15, -0.1) is 0 Å². The molecule has 0 aromatic rings. The lowest BCUT2D eigenvalue weighted by Gasteiger charge is -2.25. The van der Waals surface area contributed by atoms with Crippen molar-refractivity contribution < 1.29 is 37.9 Å². The molecule has 0 radical (unpaired) electrons. The first kappa shape index (κ1) is 23.9. The Bertz CT molecular complexity index is 322. The molecular weight excluding hydrogens is 370 g/mol. The van der Waals surface area contributed by atoms with E-state index in [-0.39, 0.29) is 12.2 Å². The standard InChI is InChI=1S/C19H37NO8/c1-2-21-3-4-22-5-7-24-11-13-27-18(16-20-1)15-19-17-26-10-9-23-6-8-25-12-14-28-19/h18-20H,1-17H2. The summed E-state index contributed by atoms with van der Waals surface area (Å²) in [6, 6.07) is 0. The second kappa shape index (κ2) is 17.5. The first-order valence-corrected chi connectivity index (χ1v) is 10.4. The highest BCUT2D eigenvalue weighted by atomic mass is 16.6. The molecule has 0 saturated carbocycles. The van der Waals surface area contributed by atoms with Gasteiger partial charge in [0.15, 0.2) is 0 Å². The number of nitrogens with one attached hydrogen (secondary N) is 1. The summed E-state index contributed by atoms with van der Waals surface area (Å²) in [4.78, 5) is 0. The van der Waals surface area contributed by atoms with Crippen LogP contribution < -0.4 is 5.32 Å². The van der Waals surface area contributed by atoms with Gasteiger partial charge in [0.05, 0.1) is 105 Å². The second-order valence-corrected chi connectivity index (χ2v) is 6.56. The molecule has 2 aliphatic rings. The van der Waals surface area contributed by atoms with Crippen LogP contribution in [-0.2, 0) is 37.9 Å². The molecule has 0 aromatic carbocycles. The van der Waals surface area contributed by atoms with Crippen molar-refractivity contribution in [3.63, 3.8) is 0 Å². The van der Waals surface area contributed by atoms with Gasteiger partial charge in [0.25, 0.3) is 0 Å². The van der Waals surface area contributed by atoms with E-state index in [2.05, 4.69) is 5.32 Å². The number of rotatable bonds is 2. The van der Waals surface area contributed by atoms with Gasteiger partial charge in [0.2, 0.25) is 0 Å². The van der Waals surface area contributed by atoms with Gasteiger partial charge in [0, 0.05) is 19.5 Å². The van der Waals surface area contributed by atoms with Crippen molar-refractivity contribution in [1.82, 2.24) is 5.32 Å². The summed E-state index contributed by atoms with van der Waals surface area (Å²) in [6.45, 7) is 9.43. The van der Waals surface area contributed by atoms with Gasteiger partial charge < -0.3 is 43.2 Å². The van der Waals surface area contributed by atoms with Crippen molar-refractivity contribution in [3.05, 3.63) is 0 Å². The Labute approximate surface area is 168 Å². The van der Waals surface area contributed by atoms with Crippen molar-refractivity contribution in [2.24, 2.45) is 0 Å². The van der Waals surface area contributed by atoms with Crippen molar-refractivity contribution in [3.8, 4) is 0 Å². The quantitative estimate of drug-likeness (QED) is 0.672. The molecule has 0 aliphatic carbocycles. The van der Waals surface area contributed by atoms with Crippen LogP contribution >= 0.6 is 0 Å². The van der Waals surface area contributed by atoms with Crippen LogP contribution in [0.15, 0.2) is 0 Å². The van der Waals surface area contributed by atoms with E-state index >= 15 is 0 Å². The monoisotopic (exact) mass is 407 g/mol. The van der Waals surface area contributed by atoms with Gasteiger partial charge >= 0.3 is 0 Å². The van der Waals surface area contributed by atoms with E-state index < -0.39 is 0 Å². The number of ether oxygens (including phenoxy) is 8. The molecule has 2 fully saturated rings. The predicted molar refractivity (Wildman–Crippen MR) is 102 cm³/mol. The molecule has 0 bridgehead atoms. The van der Waals surface area contributed by atoms with Gasteiger partial charge in [0.1, 0.15) is 0 Å². The number of hydrogen-bond acceptors (Lipinski definition) is 9. The van der Waals surface area contributed by atoms with Crippen molar-refractivity contribution in [1.29, 1.82) is 0 Å². The van der Waals surface area contributed by atoms with Crippen LogP contribution in [0.5, 0.6) is 0 Å². The topological polar surface area (TPSA) is 85.9 Å². The summed E-state index contributed by atoms with van der Waals surface area (Å²) in [6.07, 6.45) is 0.684. The van der Waals surface area contributed by atoms with Crippen LogP contribution in [0, 0.1) is 0 Å². The molecule has 9 nitrogen and oxygen atoms in total. The molecular formula is C19H37NO8. The van der Waals surface area contributed by atoms with Crippen molar-refractivity contribution >= 4 is 0 Å². The van der Waals surface area contributed by atoms with E-state index in [1.165, 1.54) is 0 Å². The maximum atomic E-state index is 6.03. The Kier molecular flexibility index (Phi) is 14.9. The van der Waals surface area contributed by atoms with Gasteiger partial charge in [-0.3, -0.25) is 0 Å². The zero-order valence-corrected chi connectivity index (χ0v) is 16.9. The molecule has 2 aliphatic heterocycles. The molecule has 9 heteroatoms. The maximum absolute atomic E-state index is 6.03. The largest absolute Gasteiger partial charge is 0.378 e. The third-order valence-electron chi connectivity index (χ3n) is 4.28. The molecule has 0 amide bonds. The van der Waals surface area contributed by atoms with Crippen molar-refractivity contribution in [2.75, 3.05) is 106 Å². The average Bonchev–Trinajstić information content (AvgIpc) is 2.70. The first-order valence-electron chi connectivity index (χ1n) is 10.4. The summed E-state index contributed by atoms with van der Waals surface area (Å²) in [5.74, 6) is 0. The zero-order valence-electron chi connectivity index (χ0n) is 16.9. The summed E-state index contributed by atoms with van der Waals surface area (Å²) >= 11 is 0. The highest BCUT2D eigenvalue weighted by Gasteiger charge is 2.19. The molecule has 0 aromatic heterocycles. The van der Waals surface area contributed by atoms with Crippen LogP contribution in [0.2, 0.25) is 0 Å². The van der Waals surface area contributed by atoms with E-state index in [9.17, 15) is 0 Å². The zero-order chi connectivity index (χ0) is 19.5. The summed E-state index contributed by atoms with van der Waals surface area (Å²) in [7, 11) is 0. The van der Waals surface area contributed by atoms with Crippen LogP contribution in [-0.4, -0.2) is 118 Å². The summed E-state index contributed by atoms with van der Waals surface area (Å²) in [5.41, 5.74) is 0. The first-order chi connectivity index (χ1) is 13.9. The molecule has 2 saturated heterocycles. The van der Waals surface area contributed by atoms with Crippen LogP contribution in [0.3, 0.4) is 0 Å². The third-order valence-corrected chi connectivity index (χ3v) is 4.28. The number of hydrogen-bond donors (Lipinski definition) is 1. The predicted octanol–water partition coefficient (Wildman–Crippen LogP) is -0.137. The van der Waals surface area contributed by atoms with E-state index in [1.54, 1.807) is 0 Å². The lowest BCUT2D eigenvalue weighted by atomic mass is 10.1. The average molecular weight is 408 g/mol. The Morgan fingerprint density at radius 1 is 0.500 bits per heavy atom. The minimum Gasteiger partial charge on any atom is -0.378 e. The van der Waals surface area contributed by atoms with Crippen LogP contribution in [0.25, 0.3) is 0 Å². The lowest BCUT2D eigenvalue weighted by molar-refractivity contribution is -0.0877. The van der Waals surface area contributed by atoms with E-state index in [0.29, 0.717) is 92.5 Å². The van der Waals surface area contributed by atoms with Gasteiger partial charge in [-0.2, -0.15) is 0 Å². The fourth-order valence-electron chi connectivity index (χ4n) is 2.84. The van der Waals surface area contributed by atoms with E-state index in [1.807, 2.05) is 0 Å². The fraction of sp³-hybridized carbons (Fsp3) is 1.00. The van der Waals surface area contributed by atoms with E-state index in [0.717, 1.165) is 19.5 Å². The Hall–Kier alpha value is -0.360.